The van der Waals surface area contributed by atoms with Crippen molar-refractivity contribution in [1.82, 2.24) is 0 Å². The molecule has 0 spiro atoms. The Morgan fingerprint density at radius 1 is 1.15 bits per heavy atom. The monoisotopic (exact) mass is 351 g/mol. The summed E-state index contributed by atoms with van der Waals surface area (Å²) >= 11 is 0. The highest BCUT2D eigenvalue weighted by Crippen LogP contribution is 2.28. The minimum absolute atomic E-state index is 0.416. The second-order valence-corrected chi connectivity index (χ2v) is 6.62. The molecule has 1 heterocycles. The van der Waals surface area contributed by atoms with E-state index in [0.717, 1.165) is 28.3 Å². The third kappa shape index (κ3) is 3.68. The van der Waals surface area contributed by atoms with Crippen LogP contribution in [0.15, 0.2) is 55.1 Å². The molecule has 2 aromatic carbocycles. The number of ketones is 1. The molecule has 2 aromatic rings. The number of ether oxygens (including phenoxy) is 1. The van der Waals surface area contributed by atoms with Crippen molar-refractivity contribution in [1.29, 1.82) is 0 Å². The third-order valence-electron chi connectivity index (χ3n) is 4.35. The first kappa shape index (κ1) is 17.9. The minimum atomic E-state index is -0.446. The van der Waals surface area contributed by atoms with E-state index in [1.54, 1.807) is 17.0 Å². The first-order valence-corrected chi connectivity index (χ1v) is 8.60. The van der Waals surface area contributed by atoms with E-state index < -0.39 is 11.7 Å². The molecule has 0 aromatic heterocycles. The maximum Gasteiger partial charge on any atom is 0.303 e. The summed E-state index contributed by atoms with van der Waals surface area (Å²) in [7, 11) is 2.01. The van der Waals surface area contributed by atoms with Crippen molar-refractivity contribution in [3.05, 3.63) is 71.8 Å². The van der Waals surface area contributed by atoms with E-state index in [-0.39, 0.29) is 0 Å². The van der Waals surface area contributed by atoms with Crippen LogP contribution >= 0.6 is 0 Å². The van der Waals surface area contributed by atoms with Gasteiger partial charge in [-0.15, -0.1) is 0 Å². The van der Waals surface area contributed by atoms with Crippen molar-refractivity contribution in [2.75, 3.05) is 25.2 Å². The number of Topliss-reactive ketones (excluding diaryl/α,β-unsaturated/α-hetero) is 1. The number of nitrogens with one attached hydrogen (secondary N) is 1. The van der Waals surface area contributed by atoms with Crippen LogP contribution in [0.4, 0.5) is 5.69 Å². The summed E-state index contributed by atoms with van der Waals surface area (Å²) in [6.45, 7) is 7.20. The lowest BCUT2D eigenvalue weighted by Crippen LogP contribution is -3.09. The molecule has 0 saturated carbocycles. The molecule has 0 bridgehead atoms. The molecule has 0 radical (unpaired) electrons. The molecule has 1 unspecified atom stereocenters. The number of carbonyl (C=O) groups excluding carboxylic acids is 2. The molecule has 1 atom stereocenters. The number of benzene rings is 2. The number of nitrogens with zero attached hydrogens (tertiary/aromatic N) is 1. The average molecular weight is 351 g/mol. The largest absolute Gasteiger partial charge is 0.490 e. The second kappa shape index (κ2) is 7.54. The lowest BCUT2D eigenvalue weighted by Gasteiger charge is -2.22. The molecule has 1 amide bonds. The van der Waals surface area contributed by atoms with E-state index in [2.05, 4.69) is 6.58 Å². The average Bonchev–Trinajstić information content (AvgIpc) is 2.85. The quantitative estimate of drug-likeness (QED) is 0.611. The molecular formula is C21H23N2O3+. The van der Waals surface area contributed by atoms with Crippen molar-refractivity contribution < 1.29 is 19.2 Å². The van der Waals surface area contributed by atoms with E-state index in [1.807, 2.05) is 50.4 Å². The molecule has 1 aliphatic rings. The lowest BCUT2D eigenvalue weighted by molar-refractivity contribution is -0.892. The second-order valence-electron chi connectivity index (χ2n) is 6.62. The molecule has 5 heteroatoms. The zero-order chi connectivity index (χ0) is 18.7. The highest BCUT2D eigenvalue weighted by Gasteiger charge is 2.37. The summed E-state index contributed by atoms with van der Waals surface area (Å²) in [5.74, 6) is -0.0609. The summed E-state index contributed by atoms with van der Waals surface area (Å²) in [6, 6.07) is 13.4. The summed E-state index contributed by atoms with van der Waals surface area (Å²) in [6.07, 6.45) is 1.71. The Morgan fingerprint density at radius 3 is 2.58 bits per heavy atom. The molecule has 5 nitrogen and oxygen atoms in total. The molecule has 26 heavy (non-hydrogen) atoms. The van der Waals surface area contributed by atoms with Crippen LogP contribution in [0.5, 0.6) is 5.75 Å². The van der Waals surface area contributed by atoms with Crippen LogP contribution in [0.2, 0.25) is 0 Å². The van der Waals surface area contributed by atoms with Crippen molar-refractivity contribution in [2.24, 2.45) is 0 Å². The highest BCUT2D eigenvalue weighted by atomic mass is 16.5. The van der Waals surface area contributed by atoms with Gasteiger partial charge < -0.3 is 9.64 Å². The van der Waals surface area contributed by atoms with Gasteiger partial charge in [0.05, 0.1) is 18.3 Å². The van der Waals surface area contributed by atoms with E-state index in [1.165, 1.54) is 0 Å². The van der Waals surface area contributed by atoms with Gasteiger partial charge in [-0.25, -0.2) is 0 Å². The van der Waals surface area contributed by atoms with Crippen LogP contribution in [0.25, 0.3) is 0 Å². The van der Waals surface area contributed by atoms with Gasteiger partial charge in [-0.1, -0.05) is 24.3 Å². The Balaban J connectivity index is 1.67. The highest BCUT2D eigenvalue weighted by molar-refractivity contribution is 6.52. The molecular weight excluding hydrogens is 328 g/mol. The predicted octanol–water partition coefficient (Wildman–Crippen LogP) is 1.76. The minimum Gasteiger partial charge on any atom is -0.490 e. The maximum absolute atomic E-state index is 12.3. The number of fused-ring (bicyclic) bond motifs is 1. The summed E-state index contributed by atoms with van der Waals surface area (Å²) in [5, 5.41) is 0. The van der Waals surface area contributed by atoms with Gasteiger partial charge in [0.2, 0.25) is 0 Å². The van der Waals surface area contributed by atoms with Crippen LogP contribution < -0.4 is 14.5 Å². The van der Waals surface area contributed by atoms with Crippen LogP contribution in [0.3, 0.4) is 0 Å². The molecule has 0 saturated heterocycles. The fourth-order valence-electron chi connectivity index (χ4n) is 3.10. The van der Waals surface area contributed by atoms with Crippen molar-refractivity contribution in [3.8, 4) is 5.75 Å². The SMILES string of the molecule is C=CCOc1ccc(C[NH+](C)CN2C(=O)C(=O)c3cc(C)ccc32)cc1. The van der Waals surface area contributed by atoms with Gasteiger partial charge in [0, 0.05) is 5.56 Å². The van der Waals surface area contributed by atoms with E-state index in [0.29, 0.717) is 24.5 Å². The number of quaternary nitrogens is 1. The topological polar surface area (TPSA) is 51.1 Å². The Labute approximate surface area is 153 Å². The number of amides is 1. The van der Waals surface area contributed by atoms with Crippen LogP contribution in [0.1, 0.15) is 21.5 Å². The van der Waals surface area contributed by atoms with Crippen LogP contribution in [-0.2, 0) is 11.3 Å². The van der Waals surface area contributed by atoms with E-state index >= 15 is 0 Å². The van der Waals surface area contributed by atoms with E-state index in [9.17, 15) is 9.59 Å². The number of carbonyl (C=O) groups is 2. The third-order valence-corrected chi connectivity index (χ3v) is 4.35. The summed E-state index contributed by atoms with van der Waals surface area (Å²) in [5.41, 5.74) is 3.33. The van der Waals surface area contributed by atoms with Crippen molar-refractivity contribution in [3.63, 3.8) is 0 Å². The smallest absolute Gasteiger partial charge is 0.303 e. The van der Waals surface area contributed by atoms with Gasteiger partial charge in [0.15, 0.2) is 6.67 Å². The fourth-order valence-corrected chi connectivity index (χ4v) is 3.10. The summed E-state index contributed by atoms with van der Waals surface area (Å²) in [4.78, 5) is 27.2. The first-order chi connectivity index (χ1) is 12.5. The maximum atomic E-state index is 12.3. The lowest BCUT2D eigenvalue weighted by atomic mass is 10.1. The Morgan fingerprint density at radius 2 is 1.88 bits per heavy atom. The molecule has 134 valence electrons. The standard InChI is InChI=1S/C21H22N2O3/c1-4-11-26-17-8-6-16(7-9-17)13-22(3)14-23-19-10-5-15(2)12-18(19)20(24)21(23)25/h4-10,12H,1,11,13-14H2,2-3H3/p+1. The number of aryl methyl sites for hydroxylation is 1. The Hall–Kier alpha value is -2.92. The van der Waals surface area contributed by atoms with Gasteiger partial charge in [0.25, 0.3) is 5.78 Å². The van der Waals surface area contributed by atoms with E-state index in [4.69, 9.17) is 4.74 Å². The van der Waals surface area contributed by atoms with Gasteiger partial charge in [-0.2, -0.15) is 0 Å². The number of anilines is 1. The van der Waals surface area contributed by atoms with Gasteiger partial charge >= 0.3 is 5.91 Å². The number of hydrogen-bond acceptors (Lipinski definition) is 3. The molecule has 0 aliphatic carbocycles. The van der Waals surface area contributed by atoms with Crippen molar-refractivity contribution in [2.45, 2.75) is 13.5 Å². The fraction of sp³-hybridized carbons (Fsp3) is 0.238. The molecule has 1 N–H and O–H groups in total. The Bertz CT molecular complexity index is 843. The molecule has 3 rings (SSSR count). The van der Waals surface area contributed by atoms with Gasteiger partial charge in [-0.05, 0) is 43.3 Å². The predicted molar refractivity (Wildman–Crippen MR) is 101 cm³/mol. The van der Waals surface area contributed by atoms with Crippen LogP contribution in [-0.4, -0.2) is 32.0 Å². The normalized spacial score (nSPS) is 14.3. The van der Waals surface area contributed by atoms with Crippen molar-refractivity contribution >= 4 is 17.4 Å². The number of rotatable bonds is 7. The zero-order valence-electron chi connectivity index (χ0n) is 15.1. The molecule has 1 aliphatic heterocycles. The van der Waals surface area contributed by atoms with Crippen LogP contribution in [0, 0.1) is 6.92 Å². The Kier molecular flexibility index (Phi) is 5.19. The number of hydrogen-bond donors (Lipinski definition) is 1. The van der Waals surface area contributed by atoms with Gasteiger partial charge in [-0.3, -0.25) is 14.5 Å². The first-order valence-electron chi connectivity index (χ1n) is 8.60. The summed E-state index contributed by atoms with van der Waals surface area (Å²) < 4.78 is 5.48. The molecule has 0 fully saturated rings. The van der Waals surface area contributed by atoms with Gasteiger partial charge in [0.1, 0.15) is 18.9 Å². The zero-order valence-corrected chi connectivity index (χ0v) is 15.1.